The molecule has 1 N–H and O–H groups in total. The van der Waals surface area contributed by atoms with Gasteiger partial charge < -0.3 is 15.2 Å². The first-order valence-electron chi connectivity index (χ1n) is 5.25. The number of aryl methyl sites for hydroxylation is 1. The second-order valence-corrected chi connectivity index (χ2v) is 3.80. The smallest absolute Gasteiger partial charge is 0.342 e. The molecule has 0 spiro atoms. The molecule has 9 nitrogen and oxygen atoms in total. The van der Waals surface area contributed by atoms with Crippen molar-refractivity contribution < 1.29 is 10.0 Å². The minimum atomic E-state index is -0.807. The molecule has 9 heteroatoms. The van der Waals surface area contributed by atoms with Crippen molar-refractivity contribution in [1.82, 2.24) is 24.3 Å². The van der Waals surface area contributed by atoms with E-state index in [0.717, 1.165) is 0 Å². The molecule has 0 radical (unpaired) electrons. The van der Waals surface area contributed by atoms with Crippen molar-refractivity contribution in [2.75, 3.05) is 0 Å². The van der Waals surface area contributed by atoms with Crippen LogP contribution in [0, 0.1) is 17.0 Å². The molecule has 2 aromatic rings. The Morgan fingerprint density at radius 1 is 1.56 bits per heavy atom. The van der Waals surface area contributed by atoms with Gasteiger partial charge >= 0.3 is 5.82 Å². The lowest BCUT2D eigenvalue weighted by Gasteiger charge is -2.09. The molecule has 0 aliphatic heterocycles. The predicted octanol–water partition coefficient (Wildman–Crippen LogP) is -0.248. The zero-order valence-corrected chi connectivity index (χ0v) is 9.67. The summed E-state index contributed by atoms with van der Waals surface area (Å²) in [5.74, 6) is 0.351. The number of aliphatic hydroxyl groups is 1. The number of imidazole rings is 1. The number of aromatic nitrogens is 5. The summed E-state index contributed by atoms with van der Waals surface area (Å²) in [5, 5.41) is 24.5. The van der Waals surface area contributed by atoms with E-state index in [4.69, 9.17) is 0 Å². The molecule has 1 unspecified atom stereocenters. The van der Waals surface area contributed by atoms with Crippen LogP contribution in [0.4, 0.5) is 5.82 Å². The lowest BCUT2D eigenvalue weighted by atomic mass is 10.3. The summed E-state index contributed by atoms with van der Waals surface area (Å²) < 4.78 is 2.82. The monoisotopic (exact) mass is 252 g/mol. The van der Waals surface area contributed by atoms with Crippen LogP contribution in [0.3, 0.4) is 0 Å². The van der Waals surface area contributed by atoms with E-state index < -0.39 is 11.0 Å². The summed E-state index contributed by atoms with van der Waals surface area (Å²) in [6.07, 6.45) is 3.20. The molecule has 0 bridgehead atoms. The number of hydrogen-bond acceptors (Lipinski definition) is 6. The molecule has 2 heterocycles. The van der Waals surface area contributed by atoms with Crippen LogP contribution in [0.15, 0.2) is 18.9 Å². The molecule has 0 fully saturated rings. The summed E-state index contributed by atoms with van der Waals surface area (Å²) in [5.41, 5.74) is 0. The van der Waals surface area contributed by atoms with Crippen molar-refractivity contribution in [2.45, 2.75) is 26.1 Å². The van der Waals surface area contributed by atoms with Crippen molar-refractivity contribution in [3.8, 4) is 0 Å². The molecule has 0 saturated carbocycles. The van der Waals surface area contributed by atoms with E-state index >= 15 is 0 Å². The summed E-state index contributed by atoms with van der Waals surface area (Å²) in [4.78, 5) is 17.9. The second kappa shape index (κ2) is 4.92. The first-order chi connectivity index (χ1) is 8.58. The Bertz CT molecular complexity index is 535. The molecule has 0 amide bonds. The summed E-state index contributed by atoms with van der Waals surface area (Å²) >= 11 is 0. The summed E-state index contributed by atoms with van der Waals surface area (Å²) in [7, 11) is 0. The van der Waals surface area contributed by atoms with Crippen LogP contribution < -0.4 is 0 Å². The number of rotatable bonds is 5. The fraction of sp³-hybridized carbons (Fsp3) is 0.444. The van der Waals surface area contributed by atoms with Gasteiger partial charge in [-0.2, -0.15) is 5.10 Å². The van der Waals surface area contributed by atoms with Gasteiger partial charge in [-0.15, -0.1) is 0 Å². The Morgan fingerprint density at radius 3 is 2.94 bits per heavy atom. The van der Waals surface area contributed by atoms with Gasteiger partial charge in [0.2, 0.25) is 0 Å². The fourth-order valence-electron chi connectivity index (χ4n) is 1.64. The standard InChI is InChI=1S/C9H12N6O3/c1-7-11-2-9(15(17)18)14(7)4-8(16)3-13-6-10-5-12-13/h2,5-6,8,16H,3-4H2,1H3. The molecule has 2 aromatic heterocycles. The number of nitro groups is 1. The molecule has 0 aliphatic carbocycles. The van der Waals surface area contributed by atoms with E-state index in [-0.39, 0.29) is 18.9 Å². The average molecular weight is 252 g/mol. The SMILES string of the molecule is Cc1ncc([N+](=O)[O-])n1CC(O)Cn1cncn1. The predicted molar refractivity (Wildman–Crippen MR) is 59.6 cm³/mol. The molecular weight excluding hydrogens is 240 g/mol. The number of aliphatic hydroxyl groups excluding tert-OH is 1. The van der Waals surface area contributed by atoms with Crippen LogP contribution in [0.5, 0.6) is 0 Å². The van der Waals surface area contributed by atoms with Crippen molar-refractivity contribution in [2.24, 2.45) is 0 Å². The molecule has 0 aliphatic rings. The Morgan fingerprint density at radius 2 is 2.33 bits per heavy atom. The lowest BCUT2D eigenvalue weighted by Crippen LogP contribution is -2.23. The van der Waals surface area contributed by atoms with E-state index in [9.17, 15) is 15.2 Å². The van der Waals surface area contributed by atoms with Crippen molar-refractivity contribution in [1.29, 1.82) is 0 Å². The Labute approximate surface area is 102 Å². The summed E-state index contributed by atoms with van der Waals surface area (Å²) in [6, 6.07) is 0. The summed E-state index contributed by atoms with van der Waals surface area (Å²) in [6.45, 7) is 1.95. The second-order valence-electron chi connectivity index (χ2n) is 3.80. The Kier molecular flexibility index (Phi) is 3.33. The first kappa shape index (κ1) is 12.2. The van der Waals surface area contributed by atoms with Gasteiger partial charge in [-0.25, -0.2) is 14.5 Å². The van der Waals surface area contributed by atoms with Crippen LogP contribution in [-0.2, 0) is 13.1 Å². The third kappa shape index (κ3) is 2.51. The van der Waals surface area contributed by atoms with E-state index in [1.807, 2.05) is 0 Å². The lowest BCUT2D eigenvalue weighted by molar-refractivity contribution is -0.392. The van der Waals surface area contributed by atoms with E-state index in [2.05, 4.69) is 15.1 Å². The maximum Gasteiger partial charge on any atom is 0.342 e. The molecule has 1 atom stereocenters. The quantitative estimate of drug-likeness (QED) is 0.580. The van der Waals surface area contributed by atoms with Crippen LogP contribution >= 0.6 is 0 Å². The minimum absolute atomic E-state index is 0.0853. The van der Waals surface area contributed by atoms with Gasteiger partial charge in [0.25, 0.3) is 0 Å². The molecule has 0 aromatic carbocycles. The van der Waals surface area contributed by atoms with Crippen LogP contribution in [-0.4, -0.2) is 40.4 Å². The third-order valence-electron chi connectivity index (χ3n) is 2.48. The highest BCUT2D eigenvalue weighted by molar-refractivity contribution is 5.18. The molecular formula is C9H12N6O3. The third-order valence-corrected chi connectivity index (χ3v) is 2.48. The fourth-order valence-corrected chi connectivity index (χ4v) is 1.64. The topological polar surface area (TPSA) is 112 Å². The molecule has 96 valence electrons. The molecule has 0 saturated heterocycles. The zero-order valence-electron chi connectivity index (χ0n) is 9.67. The van der Waals surface area contributed by atoms with Crippen molar-refractivity contribution in [3.05, 3.63) is 34.8 Å². The average Bonchev–Trinajstić information content (AvgIpc) is 2.90. The molecule has 18 heavy (non-hydrogen) atoms. The number of nitrogens with zero attached hydrogens (tertiary/aromatic N) is 6. The van der Waals surface area contributed by atoms with E-state index in [0.29, 0.717) is 5.82 Å². The van der Waals surface area contributed by atoms with Crippen molar-refractivity contribution >= 4 is 5.82 Å². The van der Waals surface area contributed by atoms with E-state index in [1.54, 1.807) is 6.92 Å². The van der Waals surface area contributed by atoms with Gasteiger partial charge in [0.1, 0.15) is 31.5 Å². The van der Waals surface area contributed by atoms with Crippen LogP contribution in [0.2, 0.25) is 0 Å². The van der Waals surface area contributed by atoms with Gasteiger partial charge in [-0.05, 0) is 4.92 Å². The van der Waals surface area contributed by atoms with E-state index in [1.165, 1.54) is 28.1 Å². The Balaban J connectivity index is 2.09. The highest BCUT2D eigenvalue weighted by Crippen LogP contribution is 2.14. The highest BCUT2D eigenvalue weighted by Gasteiger charge is 2.20. The van der Waals surface area contributed by atoms with Crippen molar-refractivity contribution in [3.63, 3.8) is 0 Å². The zero-order chi connectivity index (χ0) is 13.1. The maximum absolute atomic E-state index is 10.8. The van der Waals surface area contributed by atoms with Gasteiger partial charge in [0, 0.05) is 6.92 Å². The van der Waals surface area contributed by atoms with Gasteiger partial charge in [0.15, 0.2) is 5.82 Å². The largest absolute Gasteiger partial charge is 0.387 e. The number of hydrogen-bond donors (Lipinski definition) is 1. The highest BCUT2D eigenvalue weighted by atomic mass is 16.6. The van der Waals surface area contributed by atoms with Gasteiger partial charge in [0.05, 0.1) is 6.54 Å². The van der Waals surface area contributed by atoms with Crippen LogP contribution in [0.1, 0.15) is 5.82 Å². The normalized spacial score (nSPS) is 12.6. The van der Waals surface area contributed by atoms with Crippen LogP contribution in [0.25, 0.3) is 0 Å². The van der Waals surface area contributed by atoms with Gasteiger partial charge in [-0.3, -0.25) is 4.68 Å². The minimum Gasteiger partial charge on any atom is -0.387 e. The molecule has 2 rings (SSSR count). The van der Waals surface area contributed by atoms with Gasteiger partial charge in [-0.1, -0.05) is 0 Å². The first-order valence-corrected chi connectivity index (χ1v) is 5.25. The maximum atomic E-state index is 10.8. The Hall–Kier alpha value is -2.29.